The molecular formula is C10H11BrN4O2. The fourth-order valence-electron chi connectivity index (χ4n) is 1.51. The van der Waals surface area contributed by atoms with Gasteiger partial charge in [-0.2, -0.15) is 0 Å². The number of rotatable bonds is 3. The summed E-state index contributed by atoms with van der Waals surface area (Å²) in [5.41, 5.74) is 0.818. The Kier molecular flexibility index (Phi) is 3.68. The minimum absolute atomic E-state index is 0.228. The Bertz CT molecular complexity index is 434. The topological polar surface area (TPSA) is 84.0 Å². The number of hydrogen-bond donors (Lipinski definition) is 2. The minimum Gasteiger partial charge on any atom is -0.357 e. The largest absolute Gasteiger partial charge is 0.357 e. The van der Waals surface area contributed by atoms with Crippen molar-refractivity contribution in [2.24, 2.45) is 0 Å². The molecule has 1 atom stereocenters. The number of carbonyl (C=O) groups is 2. The first kappa shape index (κ1) is 12.0. The molecule has 0 radical (unpaired) electrons. The molecule has 2 rings (SSSR count). The van der Waals surface area contributed by atoms with E-state index in [1.807, 2.05) is 0 Å². The first-order valence-corrected chi connectivity index (χ1v) is 6.28. The van der Waals surface area contributed by atoms with Crippen molar-refractivity contribution >= 4 is 33.6 Å². The average molecular weight is 299 g/mol. The highest BCUT2D eigenvalue weighted by Gasteiger charge is 2.26. The lowest BCUT2D eigenvalue weighted by atomic mass is 10.1. The molecule has 17 heavy (non-hydrogen) atoms. The van der Waals surface area contributed by atoms with E-state index in [2.05, 4.69) is 36.5 Å². The summed E-state index contributed by atoms with van der Waals surface area (Å²) < 4.78 is 0. The van der Waals surface area contributed by atoms with Gasteiger partial charge in [-0.15, -0.1) is 0 Å². The second-order valence-corrected chi connectivity index (χ2v) is 4.24. The third-order valence-corrected chi connectivity index (χ3v) is 2.98. The highest BCUT2D eigenvalue weighted by Crippen LogP contribution is 2.11. The molecule has 1 aromatic heterocycles. The molecule has 7 heteroatoms. The van der Waals surface area contributed by atoms with Gasteiger partial charge in [0.15, 0.2) is 0 Å². The van der Waals surface area contributed by atoms with Crippen LogP contribution in [-0.2, 0) is 14.9 Å². The molecule has 90 valence electrons. The molecule has 1 saturated heterocycles. The van der Waals surface area contributed by atoms with Crippen LogP contribution in [0.5, 0.6) is 0 Å². The highest BCUT2D eigenvalue weighted by molar-refractivity contribution is 9.08. The fourth-order valence-corrected chi connectivity index (χ4v) is 1.80. The van der Waals surface area contributed by atoms with Crippen molar-refractivity contribution in [2.45, 2.75) is 24.2 Å². The fraction of sp³-hybridized carbons (Fsp3) is 0.400. The van der Waals surface area contributed by atoms with Gasteiger partial charge in [-0.05, 0) is 6.42 Å². The summed E-state index contributed by atoms with van der Waals surface area (Å²) in [4.78, 5) is 30.7. The summed E-state index contributed by atoms with van der Waals surface area (Å²) in [5, 5.41) is 5.86. The number of anilines is 1. The molecule has 2 amide bonds. The SMILES string of the molecule is O=C1CCC(Nc2cnc(CBr)cn2)C(=O)N1. The molecular weight excluding hydrogens is 288 g/mol. The number of halogens is 1. The van der Waals surface area contributed by atoms with Crippen molar-refractivity contribution in [3.63, 3.8) is 0 Å². The van der Waals surface area contributed by atoms with Gasteiger partial charge in [0.25, 0.3) is 0 Å². The van der Waals surface area contributed by atoms with Gasteiger partial charge in [0.1, 0.15) is 11.9 Å². The third-order valence-electron chi connectivity index (χ3n) is 2.40. The molecule has 0 spiro atoms. The predicted octanol–water partition coefficient (Wildman–Crippen LogP) is 0.589. The maximum Gasteiger partial charge on any atom is 0.249 e. The van der Waals surface area contributed by atoms with Crippen LogP contribution in [0.4, 0.5) is 5.82 Å². The van der Waals surface area contributed by atoms with Crippen LogP contribution < -0.4 is 10.6 Å². The standard InChI is InChI=1S/C10H11BrN4O2/c11-3-6-4-13-8(5-12-6)14-7-1-2-9(16)15-10(7)17/h4-5,7H,1-3H2,(H,13,14)(H,15,16,17). The van der Waals surface area contributed by atoms with E-state index in [9.17, 15) is 9.59 Å². The number of piperidine rings is 1. The molecule has 6 nitrogen and oxygen atoms in total. The van der Waals surface area contributed by atoms with E-state index in [0.29, 0.717) is 24.0 Å². The van der Waals surface area contributed by atoms with Crippen LogP contribution >= 0.6 is 15.9 Å². The van der Waals surface area contributed by atoms with Crippen LogP contribution in [0.1, 0.15) is 18.5 Å². The number of amides is 2. The first-order chi connectivity index (χ1) is 8.19. The van der Waals surface area contributed by atoms with E-state index in [0.717, 1.165) is 5.69 Å². The molecule has 2 heterocycles. The smallest absolute Gasteiger partial charge is 0.249 e. The highest BCUT2D eigenvalue weighted by atomic mass is 79.9. The van der Waals surface area contributed by atoms with E-state index in [4.69, 9.17) is 0 Å². The van der Waals surface area contributed by atoms with E-state index >= 15 is 0 Å². The van der Waals surface area contributed by atoms with Crippen LogP contribution in [0.15, 0.2) is 12.4 Å². The lowest BCUT2D eigenvalue weighted by Crippen LogP contribution is -2.47. The molecule has 1 unspecified atom stereocenters. The van der Waals surface area contributed by atoms with Crippen molar-refractivity contribution in [1.29, 1.82) is 0 Å². The average Bonchev–Trinajstić information content (AvgIpc) is 2.34. The van der Waals surface area contributed by atoms with Crippen LogP contribution in [0, 0.1) is 0 Å². The maximum absolute atomic E-state index is 11.5. The Labute approximate surface area is 106 Å². The molecule has 1 aliphatic rings. The van der Waals surface area contributed by atoms with Crippen LogP contribution in [0.25, 0.3) is 0 Å². The summed E-state index contributed by atoms with van der Waals surface area (Å²) in [7, 11) is 0. The number of nitrogens with zero attached hydrogens (tertiary/aromatic N) is 2. The molecule has 1 fully saturated rings. The van der Waals surface area contributed by atoms with E-state index in [1.54, 1.807) is 12.4 Å². The van der Waals surface area contributed by atoms with Gasteiger partial charge < -0.3 is 5.32 Å². The van der Waals surface area contributed by atoms with E-state index in [-0.39, 0.29) is 11.8 Å². The zero-order valence-corrected chi connectivity index (χ0v) is 10.5. The quantitative estimate of drug-likeness (QED) is 0.630. The normalized spacial score (nSPS) is 19.9. The third kappa shape index (κ3) is 3.00. The van der Waals surface area contributed by atoms with Gasteiger partial charge in [-0.3, -0.25) is 19.9 Å². The summed E-state index contributed by atoms with van der Waals surface area (Å²) in [6.45, 7) is 0. The Morgan fingerprint density at radius 3 is 2.82 bits per heavy atom. The summed E-state index contributed by atoms with van der Waals surface area (Å²) in [5.74, 6) is -0.00871. The monoisotopic (exact) mass is 298 g/mol. The lowest BCUT2D eigenvalue weighted by molar-refractivity contribution is -0.133. The number of nitrogens with one attached hydrogen (secondary N) is 2. The van der Waals surface area contributed by atoms with Crippen molar-refractivity contribution in [1.82, 2.24) is 15.3 Å². The molecule has 0 aliphatic carbocycles. The molecule has 0 bridgehead atoms. The Morgan fingerprint density at radius 1 is 1.41 bits per heavy atom. The molecule has 1 aromatic rings. The van der Waals surface area contributed by atoms with Gasteiger partial charge in [-0.1, -0.05) is 15.9 Å². The van der Waals surface area contributed by atoms with Crippen LogP contribution in [-0.4, -0.2) is 27.8 Å². The number of hydrogen-bond acceptors (Lipinski definition) is 5. The summed E-state index contributed by atoms with van der Waals surface area (Å²) in [6.07, 6.45) is 4.02. The second kappa shape index (κ2) is 5.22. The van der Waals surface area contributed by atoms with Gasteiger partial charge in [0, 0.05) is 11.8 Å². The lowest BCUT2D eigenvalue weighted by Gasteiger charge is -2.21. The summed E-state index contributed by atoms with van der Waals surface area (Å²) >= 11 is 3.27. The van der Waals surface area contributed by atoms with Crippen molar-refractivity contribution < 1.29 is 9.59 Å². The van der Waals surface area contributed by atoms with Gasteiger partial charge in [0.2, 0.25) is 11.8 Å². The minimum atomic E-state index is -0.420. The van der Waals surface area contributed by atoms with Gasteiger partial charge in [0.05, 0.1) is 18.1 Å². The number of imide groups is 1. The molecule has 0 aromatic carbocycles. The summed E-state index contributed by atoms with van der Waals surface area (Å²) in [6, 6.07) is -0.420. The second-order valence-electron chi connectivity index (χ2n) is 3.67. The van der Waals surface area contributed by atoms with Crippen molar-refractivity contribution in [3.05, 3.63) is 18.1 Å². The van der Waals surface area contributed by atoms with Crippen LogP contribution in [0.3, 0.4) is 0 Å². The molecule has 2 N–H and O–H groups in total. The van der Waals surface area contributed by atoms with Crippen LogP contribution in [0.2, 0.25) is 0 Å². The van der Waals surface area contributed by atoms with E-state index < -0.39 is 6.04 Å². The molecule has 1 aliphatic heterocycles. The predicted molar refractivity (Wildman–Crippen MR) is 64.5 cm³/mol. The Hall–Kier alpha value is -1.50. The number of alkyl halides is 1. The van der Waals surface area contributed by atoms with E-state index in [1.165, 1.54) is 0 Å². The van der Waals surface area contributed by atoms with Gasteiger partial charge >= 0.3 is 0 Å². The zero-order chi connectivity index (χ0) is 12.3. The van der Waals surface area contributed by atoms with Crippen molar-refractivity contribution in [2.75, 3.05) is 5.32 Å². The maximum atomic E-state index is 11.5. The van der Waals surface area contributed by atoms with Gasteiger partial charge in [-0.25, -0.2) is 4.98 Å². The first-order valence-electron chi connectivity index (χ1n) is 5.16. The zero-order valence-electron chi connectivity index (χ0n) is 8.94. The van der Waals surface area contributed by atoms with Crippen molar-refractivity contribution in [3.8, 4) is 0 Å². The molecule has 0 saturated carbocycles. The Morgan fingerprint density at radius 2 is 2.24 bits per heavy atom. The number of carbonyl (C=O) groups excluding carboxylic acids is 2. The number of aromatic nitrogens is 2. The Balaban J connectivity index is 2.00.